The van der Waals surface area contributed by atoms with Crippen molar-refractivity contribution in [1.29, 1.82) is 0 Å². The number of hydrogen-bond donors (Lipinski definition) is 1. The summed E-state index contributed by atoms with van der Waals surface area (Å²) in [5, 5.41) is 10.9. The molecule has 1 atom stereocenters. The summed E-state index contributed by atoms with van der Waals surface area (Å²) in [6.45, 7) is 4.05. The van der Waals surface area contributed by atoms with Crippen LogP contribution in [0.5, 0.6) is 5.75 Å². The quantitative estimate of drug-likeness (QED) is 0.879. The number of rotatable bonds is 4. The number of ether oxygens (including phenoxy) is 1. The van der Waals surface area contributed by atoms with Gasteiger partial charge in [-0.2, -0.15) is 0 Å². The highest BCUT2D eigenvalue weighted by Crippen LogP contribution is 2.33. The van der Waals surface area contributed by atoms with Gasteiger partial charge in [0.25, 0.3) is 0 Å². The van der Waals surface area contributed by atoms with Crippen molar-refractivity contribution in [3.63, 3.8) is 0 Å². The van der Waals surface area contributed by atoms with Crippen molar-refractivity contribution in [3.05, 3.63) is 29.5 Å². The van der Waals surface area contributed by atoms with Crippen LogP contribution in [-0.2, 0) is 0 Å². The van der Waals surface area contributed by atoms with E-state index in [0.717, 1.165) is 23.1 Å². The minimum atomic E-state index is -0.530. The minimum absolute atomic E-state index is 0.530. The number of methoxy groups -OCH3 is 1. The van der Waals surface area contributed by atoms with Gasteiger partial charge in [-0.05, 0) is 37.1 Å². The number of aliphatic hydroxyl groups excluding tert-OH is 1. The Labute approximate surface area is 101 Å². The zero-order chi connectivity index (χ0) is 12.4. The van der Waals surface area contributed by atoms with Crippen molar-refractivity contribution in [2.24, 2.45) is 0 Å². The molecule has 1 N–H and O–H groups in total. The van der Waals surface area contributed by atoms with E-state index in [4.69, 9.17) is 9.15 Å². The second kappa shape index (κ2) is 4.80. The summed E-state index contributed by atoms with van der Waals surface area (Å²) < 4.78 is 11.0. The predicted octanol–water partition coefficient (Wildman–Crippen LogP) is 3.58. The van der Waals surface area contributed by atoms with E-state index < -0.39 is 6.10 Å². The number of fused-ring (bicyclic) bond motifs is 1. The average molecular weight is 234 g/mol. The van der Waals surface area contributed by atoms with Gasteiger partial charge in [-0.3, -0.25) is 0 Å². The van der Waals surface area contributed by atoms with Crippen molar-refractivity contribution in [1.82, 2.24) is 0 Å². The molecule has 1 aromatic carbocycles. The Morgan fingerprint density at radius 1 is 1.35 bits per heavy atom. The van der Waals surface area contributed by atoms with Crippen LogP contribution in [0.1, 0.15) is 37.2 Å². The first-order valence-corrected chi connectivity index (χ1v) is 5.91. The maximum atomic E-state index is 9.92. The molecule has 92 valence electrons. The molecule has 0 saturated carbocycles. The molecule has 1 aromatic heterocycles. The molecule has 3 nitrogen and oxygen atoms in total. The van der Waals surface area contributed by atoms with Crippen LogP contribution in [0.25, 0.3) is 11.0 Å². The molecule has 2 rings (SSSR count). The van der Waals surface area contributed by atoms with Gasteiger partial charge in [0.05, 0.1) is 7.11 Å². The molecule has 0 aliphatic heterocycles. The van der Waals surface area contributed by atoms with Crippen LogP contribution in [0.3, 0.4) is 0 Å². The average Bonchev–Trinajstić information content (AvgIpc) is 2.71. The molecule has 0 saturated heterocycles. The summed E-state index contributed by atoms with van der Waals surface area (Å²) in [7, 11) is 1.62. The third-order valence-corrected chi connectivity index (χ3v) is 2.86. The standard InChI is InChI=1S/C14H18O3/c1-4-5-11(15)12-8-10-6-9(2)7-13(16-3)14(10)17-12/h6-8,11,15H,4-5H2,1-3H3. The highest BCUT2D eigenvalue weighted by Gasteiger charge is 2.15. The van der Waals surface area contributed by atoms with Gasteiger partial charge < -0.3 is 14.3 Å². The Bertz CT molecular complexity index is 513. The van der Waals surface area contributed by atoms with Crippen molar-refractivity contribution in [2.45, 2.75) is 32.8 Å². The molecule has 0 aliphatic carbocycles. The molecular formula is C14H18O3. The van der Waals surface area contributed by atoms with Crippen LogP contribution < -0.4 is 4.74 Å². The lowest BCUT2D eigenvalue weighted by molar-refractivity contribution is 0.141. The Hall–Kier alpha value is -1.48. The van der Waals surface area contributed by atoms with Crippen molar-refractivity contribution in [3.8, 4) is 5.75 Å². The molecule has 0 amide bonds. The molecule has 3 heteroatoms. The van der Waals surface area contributed by atoms with Gasteiger partial charge in [0.1, 0.15) is 11.9 Å². The summed E-state index contributed by atoms with van der Waals surface area (Å²) in [6.07, 6.45) is 1.10. The van der Waals surface area contributed by atoms with E-state index in [1.807, 2.05) is 32.0 Å². The lowest BCUT2D eigenvalue weighted by Gasteiger charge is -2.04. The summed E-state index contributed by atoms with van der Waals surface area (Å²) in [4.78, 5) is 0. The summed E-state index contributed by atoms with van der Waals surface area (Å²) >= 11 is 0. The Morgan fingerprint density at radius 2 is 2.12 bits per heavy atom. The Balaban J connectivity index is 2.49. The van der Waals surface area contributed by atoms with Crippen LogP contribution in [0.4, 0.5) is 0 Å². The Kier molecular flexibility index (Phi) is 3.38. The van der Waals surface area contributed by atoms with Gasteiger partial charge in [-0.1, -0.05) is 13.3 Å². The molecule has 0 fully saturated rings. The molecular weight excluding hydrogens is 216 g/mol. The number of aliphatic hydroxyl groups is 1. The second-order valence-corrected chi connectivity index (χ2v) is 4.34. The van der Waals surface area contributed by atoms with Crippen LogP contribution >= 0.6 is 0 Å². The SMILES string of the molecule is CCCC(O)c1cc2cc(C)cc(OC)c2o1. The number of benzene rings is 1. The van der Waals surface area contributed by atoms with E-state index in [1.54, 1.807) is 7.11 Å². The van der Waals surface area contributed by atoms with Crippen LogP contribution in [0.15, 0.2) is 22.6 Å². The molecule has 1 unspecified atom stereocenters. The van der Waals surface area contributed by atoms with Crippen molar-refractivity contribution in [2.75, 3.05) is 7.11 Å². The molecule has 0 bridgehead atoms. The zero-order valence-corrected chi connectivity index (χ0v) is 10.5. The molecule has 0 spiro atoms. The topological polar surface area (TPSA) is 42.6 Å². The second-order valence-electron chi connectivity index (χ2n) is 4.34. The number of hydrogen-bond acceptors (Lipinski definition) is 3. The molecule has 0 radical (unpaired) electrons. The fourth-order valence-electron chi connectivity index (χ4n) is 2.02. The van der Waals surface area contributed by atoms with Crippen LogP contribution in [0, 0.1) is 6.92 Å². The third kappa shape index (κ3) is 2.29. The molecule has 2 aromatic rings. The highest BCUT2D eigenvalue weighted by molar-refractivity contribution is 5.84. The van der Waals surface area contributed by atoms with Gasteiger partial charge >= 0.3 is 0 Å². The lowest BCUT2D eigenvalue weighted by Crippen LogP contribution is -1.93. The first kappa shape index (κ1) is 12.0. The smallest absolute Gasteiger partial charge is 0.176 e. The number of furan rings is 1. The van der Waals surface area contributed by atoms with Crippen molar-refractivity contribution < 1.29 is 14.3 Å². The Morgan fingerprint density at radius 3 is 2.76 bits per heavy atom. The van der Waals surface area contributed by atoms with E-state index in [-0.39, 0.29) is 0 Å². The van der Waals surface area contributed by atoms with Gasteiger partial charge in [-0.15, -0.1) is 0 Å². The van der Waals surface area contributed by atoms with E-state index in [2.05, 4.69) is 0 Å². The molecule has 17 heavy (non-hydrogen) atoms. The monoisotopic (exact) mass is 234 g/mol. The maximum Gasteiger partial charge on any atom is 0.176 e. The minimum Gasteiger partial charge on any atom is -0.493 e. The fourth-order valence-corrected chi connectivity index (χ4v) is 2.02. The first-order valence-electron chi connectivity index (χ1n) is 5.91. The zero-order valence-electron chi connectivity index (χ0n) is 10.5. The summed E-state index contributed by atoms with van der Waals surface area (Å²) in [6, 6.07) is 5.86. The van der Waals surface area contributed by atoms with E-state index in [0.29, 0.717) is 17.8 Å². The van der Waals surface area contributed by atoms with Gasteiger partial charge in [-0.25, -0.2) is 0 Å². The van der Waals surface area contributed by atoms with E-state index in [9.17, 15) is 5.11 Å². The van der Waals surface area contributed by atoms with E-state index >= 15 is 0 Å². The number of aryl methyl sites for hydroxylation is 1. The largest absolute Gasteiger partial charge is 0.493 e. The summed E-state index contributed by atoms with van der Waals surface area (Å²) in [5.41, 5.74) is 1.83. The maximum absolute atomic E-state index is 9.92. The van der Waals surface area contributed by atoms with Gasteiger partial charge in [0, 0.05) is 5.39 Å². The normalized spacial score (nSPS) is 12.9. The predicted molar refractivity (Wildman–Crippen MR) is 67.4 cm³/mol. The third-order valence-electron chi connectivity index (χ3n) is 2.86. The van der Waals surface area contributed by atoms with E-state index in [1.165, 1.54) is 0 Å². The fraction of sp³-hybridized carbons (Fsp3) is 0.429. The highest BCUT2D eigenvalue weighted by atomic mass is 16.5. The lowest BCUT2D eigenvalue weighted by atomic mass is 10.1. The van der Waals surface area contributed by atoms with Gasteiger partial charge in [0.15, 0.2) is 11.3 Å². The van der Waals surface area contributed by atoms with Gasteiger partial charge in [0.2, 0.25) is 0 Å². The molecule has 0 aliphatic rings. The van der Waals surface area contributed by atoms with Crippen LogP contribution in [0.2, 0.25) is 0 Å². The molecule has 1 heterocycles. The van der Waals surface area contributed by atoms with Crippen LogP contribution in [-0.4, -0.2) is 12.2 Å². The summed E-state index contributed by atoms with van der Waals surface area (Å²) in [5.74, 6) is 1.33. The first-order chi connectivity index (χ1) is 8.15. The van der Waals surface area contributed by atoms with Crippen molar-refractivity contribution >= 4 is 11.0 Å².